The molecule has 5 rings (SSSR count). The number of carbonyl (C=O) groups excluding carboxylic acids is 2. The van der Waals surface area contributed by atoms with Crippen LogP contribution >= 0.6 is 23.1 Å². The van der Waals surface area contributed by atoms with E-state index in [4.69, 9.17) is 0 Å². The van der Waals surface area contributed by atoms with E-state index in [1.165, 1.54) is 11.8 Å². The molecule has 31 heavy (non-hydrogen) atoms. The topological polar surface area (TPSA) is 76.9 Å². The van der Waals surface area contributed by atoms with Crippen LogP contribution in [-0.4, -0.2) is 32.2 Å². The average Bonchev–Trinajstić information content (AvgIpc) is 3.47. The minimum Gasteiger partial charge on any atom is -0.326 e. The first-order chi connectivity index (χ1) is 15.2. The Labute approximate surface area is 187 Å². The summed E-state index contributed by atoms with van der Waals surface area (Å²) in [5.41, 5.74) is 3.40. The molecule has 0 atom stereocenters. The number of para-hydroxylation sites is 1. The lowest BCUT2D eigenvalue weighted by atomic mass is 9.99. The first-order valence-electron chi connectivity index (χ1n) is 9.82. The molecule has 2 aromatic heterocycles. The summed E-state index contributed by atoms with van der Waals surface area (Å²) in [7, 11) is 0. The molecule has 0 aliphatic carbocycles. The number of ketones is 1. The highest BCUT2D eigenvalue weighted by Crippen LogP contribution is 2.31. The number of nitrogens with zero attached hydrogens (tertiary/aromatic N) is 3. The molecule has 1 aliphatic rings. The number of benzene rings is 2. The Hall–Kier alpha value is -3.23. The van der Waals surface area contributed by atoms with Crippen molar-refractivity contribution < 1.29 is 9.59 Å². The monoisotopic (exact) mass is 446 g/mol. The lowest BCUT2D eigenvalue weighted by Gasteiger charge is -2.17. The van der Waals surface area contributed by atoms with Gasteiger partial charge >= 0.3 is 0 Å². The minimum atomic E-state index is 0.0175. The van der Waals surface area contributed by atoms with Crippen molar-refractivity contribution in [2.24, 2.45) is 0 Å². The Bertz CT molecular complexity index is 1250. The van der Waals surface area contributed by atoms with E-state index in [2.05, 4.69) is 15.5 Å². The molecule has 1 amide bonds. The van der Waals surface area contributed by atoms with Gasteiger partial charge in [0.15, 0.2) is 16.8 Å². The van der Waals surface area contributed by atoms with Gasteiger partial charge in [0.25, 0.3) is 0 Å². The van der Waals surface area contributed by atoms with E-state index in [9.17, 15) is 9.59 Å². The summed E-state index contributed by atoms with van der Waals surface area (Å²) in [6.45, 7) is 0. The number of Topliss-reactive ketones (excluding diaryl/α,β-unsaturated/α-hetero) is 1. The third kappa shape index (κ3) is 4.04. The zero-order valence-electron chi connectivity index (χ0n) is 16.4. The second-order valence-electron chi connectivity index (χ2n) is 7.09. The third-order valence-electron chi connectivity index (χ3n) is 5.04. The summed E-state index contributed by atoms with van der Waals surface area (Å²) in [4.78, 5) is 25.5. The number of carbonyl (C=O) groups is 2. The molecule has 2 aromatic carbocycles. The quantitative estimate of drug-likeness (QED) is 0.338. The van der Waals surface area contributed by atoms with Gasteiger partial charge in [0, 0.05) is 23.4 Å². The van der Waals surface area contributed by atoms with Crippen LogP contribution in [-0.2, 0) is 11.2 Å². The van der Waals surface area contributed by atoms with Gasteiger partial charge in [-0.1, -0.05) is 36.0 Å². The molecular formula is C23H18N4O2S2. The number of nitrogens with one attached hydrogen (secondary N) is 1. The molecule has 6 nitrogen and oxygen atoms in total. The lowest BCUT2D eigenvalue weighted by molar-refractivity contribution is -0.116. The van der Waals surface area contributed by atoms with Crippen molar-refractivity contribution in [3.63, 3.8) is 0 Å². The number of hydrogen-bond donors (Lipinski definition) is 1. The molecule has 0 fully saturated rings. The zero-order valence-corrected chi connectivity index (χ0v) is 18.1. The van der Waals surface area contributed by atoms with Crippen molar-refractivity contribution in [2.45, 2.75) is 18.0 Å². The normalized spacial score (nSPS) is 13.0. The molecule has 0 radical (unpaired) electrons. The average molecular weight is 447 g/mol. The molecule has 0 bridgehead atoms. The maximum Gasteiger partial charge on any atom is 0.224 e. The van der Waals surface area contributed by atoms with E-state index in [0.29, 0.717) is 23.6 Å². The van der Waals surface area contributed by atoms with E-state index in [0.717, 1.165) is 27.6 Å². The number of amides is 1. The van der Waals surface area contributed by atoms with Gasteiger partial charge in [0.1, 0.15) is 0 Å². The van der Waals surface area contributed by atoms with Crippen LogP contribution in [0.25, 0.3) is 16.4 Å². The minimum absolute atomic E-state index is 0.0175. The van der Waals surface area contributed by atoms with Gasteiger partial charge in [-0.3, -0.25) is 14.2 Å². The number of aromatic nitrogens is 3. The summed E-state index contributed by atoms with van der Waals surface area (Å²) in [6.07, 6.45) is 1.10. The number of thioether (sulfide) groups is 1. The van der Waals surface area contributed by atoms with Crippen LogP contribution in [0.2, 0.25) is 0 Å². The van der Waals surface area contributed by atoms with E-state index < -0.39 is 0 Å². The fourth-order valence-electron chi connectivity index (χ4n) is 3.51. The Morgan fingerprint density at radius 2 is 1.94 bits per heavy atom. The number of aryl methyl sites for hydroxylation is 1. The standard InChI is InChI=1S/C23H18N4O2S2/c28-19(16-8-10-18-15(13-16)9-11-21(29)24-18)14-31-23-26-25-22(20-7-4-12-30-20)27(23)17-5-2-1-3-6-17/h1-8,10,12-13H,9,11,14H2,(H,24,29). The second kappa shape index (κ2) is 8.49. The first kappa shape index (κ1) is 19.7. The first-order valence-corrected chi connectivity index (χ1v) is 11.7. The van der Waals surface area contributed by atoms with Crippen molar-refractivity contribution in [3.05, 3.63) is 77.2 Å². The van der Waals surface area contributed by atoms with E-state index in [1.807, 2.05) is 64.5 Å². The summed E-state index contributed by atoms with van der Waals surface area (Å²) in [5, 5.41) is 14.3. The highest BCUT2D eigenvalue weighted by atomic mass is 32.2. The lowest BCUT2D eigenvalue weighted by Crippen LogP contribution is -2.19. The second-order valence-corrected chi connectivity index (χ2v) is 8.98. The number of thiophene rings is 1. The van der Waals surface area contributed by atoms with Crippen molar-refractivity contribution in [1.82, 2.24) is 14.8 Å². The molecule has 1 N–H and O–H groups in total. The molecule has 154 valence electrons. The SMILES string of the molecule is O=C1CCc2cc(C(=O)CSc3nnc(-c4cccs4)n3-c3ccccc3)ccc2N1. The molecular weight excluding hydrogens is 428 g/mol. The van der Waals surface area contributed by atoms with Crippen LogP contribution in [0.15, 0.2) is 71.2 Å². The molecule has 0 spiro atoms. The Balaban J connectivity index is 1.40. The van der Waals surface area contributed by atoms with Crippen molar-refractivity contribution in [1.29, 1.82) is 0 Å². The number of rotatable bonds is 6. The highest BCUT2D eigenvalue weighted by Gasteiger charge is 2.20. The van der Waals surface area contributed by atoms with Crippen molar-refractivity contribution >= 4 is 40.5 Å². The van der Waals surface area contributed by atoms with Crippen LogP contribution in [0.4, 0.5) is 5.69 Å². The van der Waals surface area contributed by atoms with E-state index >= 15 is 0 Å². The van der Waals surface area contributed by atoms with Crippen LogP contribution < -0.4 is 5.32 Å². The molecule has 8 heteroatoms. The highest BCUT2D eigenvalue weighted by molar-refractivity contribution is 7.99. The fraction of sp³-hybridized carbons (Fsp3) is 0.130. The Kier molecular flexibility index (Phi) is 5.40. The summed E-state index contributed by atoms with van der Waals surface area (Å²) >= 11 is 2.98. The van der Waals surface area contributed by atoms with Gasteiger partial charge < -0.3 is 5.32 Å². The summed E-state index contributed by atoms with van der Waals surface area (Å²) in [5.74, 6) is 1.05. The molecule has 0 saturated heterocycles. The van der Waals surface area contributed by atoms with Crippen molar-refractivity contribution in [3.8, 4) is 16.4 Å². The predicted molar refractivity (Wildman–Crippen MR) is 123 cm³/mol. The molecule has 3 heterocycles. The van der Waals surface area contributed by atoms with Crippen LogP contribution in [0.1, 0.15) is 22.3 Å². The van der Waals surface area contributed by atoms with Gasteiger partial charge in [-0.25, -0.2) is 0 Å². The Morgan fingerprint density at radius 1 is 1.06 bits per heavy atom. The van der Waals surface area contributed by atoms with Gasteiger partial charge in [0.2, 0.25) is 5.91 Å². The largest absolute Gasteiger partial charge is 0.326 e. The summed E-state index contributed by atoms with van der Waals surface area (Å²) < 4.78 is 1.99. The predicted octanol–water partition coefficient (Wildman–Crippen LogP) is 4.86. The number of anilines is 1. The number of fused-ring (bicyclic) bond motifs is 1. The van der Waals surface area contributed by atoms with Gasteiger partial charge in [0.05, 0.1) is 10.6 Å². The molecule has 0 saturated carbocycles. The molecule has 1 aliphatic heterocycles. The van der Waals surface area contributed by atoms with Gasteiger partial charge in [-0.2, -0.15) is 0 Å². The van der Waals surface area contributed by atoms with Gasteiger partial charge in [-0.15, -0.1) is 21.5 Å². The Morgan fingerprint density at radius 3 is 2.74 bits per heavy atom. The summed E-state index contributed by atoms with van der Waals surface area (Å²) in [6, 6.07) is 19.4. The zero-order chi connectivity index (χ0) is 21.2. The number of hydrogen-bond acceptors (Lipinski definition) is 6. The van der Waals surface area contributed by atoms with Crippen LogP contribution in [0, 0.1) is 0 Å². The fourth-order valence-corrected chi connectivity index (χ4v) is 5.05. The van der Waals surface area contributed by atoms with Crippen LogP contribution in [0.3, 0.4) is 0 Å². The molecule has 4 aromatic rings. The van der Waals surface area contributed by atoms with Gasteiger partial charge in [-0.05, 0) is 53.8 Å². The maximum atomic E-state index is 12.9. The molecule has 0 unspecified atom stereocenters. The van der Waals surface area contributed by atoms with E-state index in [-0.39, 0.29) is 17.4 Å². The van der Waals surface area contributed by atoms with E-state index in [1.54, 1.807) is 17.4 Å². The van der Waals surface area contributed by atoms with Crippen LogP contribution in [0.5, 0.6) is 0 Å². The van der Waals surface area contributed by atoms with Crippen molar-refractivity contribution in [2.75, 3.05) is 11.1 Å². The maximum absolute atomic E-state index is 12.9. The third-order valence-corrected chi connectivity index (χ3v) is 6.84. The smallest absolute Gasteiger partial charge is 0.224 e.